The molecule has 9 heteroatoms. The van der Waals surface area contributed by atoms with Crippen LogP contribution in [0.4, 0.5) is 17.6 Å². The number of pyridine rings is 1. The number of rotatable bonds is 1. The Morgan fingerprint density at radius 2 is 1.75 bits per heavy atom. The molecule has 0 saturated heterocycles. The van der Waals surface area contributed by atoms with E-state index in [9.17, 15) is 22.4 Å². The monoisotopic (exact) mass is 401 g/mol. The van der Waals surface area contributed by atoms with Crippen LogP contribution in [0, 0.1) is 5.82 Å². The van der Waals surface area contributed by atoms with E-state index in [0.29, 0.717) is 22.3 Å². The maximum absolute atomic E-state index is 14.3. The van der Waals surface area contributed by atoms with Crippen molar-refractivity contribution in [2.45, 2.75) is 6.18 Å². The van der Waals surface area contributed by atoms with Gasteiger partial charge in [-0.2, -0.15) is 13.2 Å². The predicted octanol–water partition coefficient (Wildman–Crippen LogP) is 3.92. The van der Waals surface area contributed by atoms with Crippen LogP contribution in [0.15, 0.2) is 40.0 Å². The molecule has 0 N–H and O–H groups in total. The molecule has 24 heavy (non-hydrogen) atoms. The van der Waals surface area contributed by atoms with E-state index in [-0.39, 0.29) is 16.8 Å². The normalized spacial score (nSPS) is 11.9. The molecule has 0 bridgehead atoms. The maximum Gasteiger partial charge on any atom is 0.419 e. The molecule has 0 radical (unpaired) electrons. The number of hydrogen-bond donors (Lipinski definition) is 0. The topological polar surface area (TPSA) is 47.8 Å². The Morgan fingerprint density at radius 1 is 1.12 bits per heavy atom. The number of aromatic nitrogens is 3. The lowest BCUT2D eigenvalue weighted by molar-refractivity contribution is -0.138. The summed E-state index contributed by atoms with van der Waals surface area (Å²) in [5, 5.41) is 0.554. The molecule has 4 nitrogen and oxygen atoms in total. The minimum absolute atomic E-state index is 0.0924. The molecule has 0 aliphatic heterocycles. The van der Waals surface area contributed by atoms with Crippen molar-refractivity contribution in [1.82, 2.24) is 14.5 Å². The zero-order valence-corrected chi connectivity index (χ0v) is 13.6. The fourth-order valence-electron chi connectivity index (χ4n) is 2.22. The summed E-state index contributed by atoms with van der Waals surface area (Å²) in [5.74, 6) is -0.993. The third-order valence-electron chi connectivity index (χ3n) is 3.44. The van der Waals surface area contributed by atoms with Gasteiger partial charge in [0.15, 0.2) is 5.82 Å². The highest BCUT2D eigenvalue weighted by Gasteiger charge is 2.31. The molecule has 3 aromatic rings. The predicted molar refractivity (Wildman–Crippen MR) is 82.9 cm³/mol. The molecule has 0 aliphatic rings. The van der Waals surface area contributed by atoms with Crippen LogP contribution in [-0.2, 0) is 13.2 Å². The summed E-state index contributed by atoms with van der Waals surface area (Å²) >= 11 is 3.28. The van der Waals surface area contributed by atoms with Gasteiger partial charge in [0.1, 0.15) is 5.82 Å². The second-order valence-corrected chi connectivity index (χ2v) is 5.92. The Labute approximate surface area is 140 Å². The van der Waals surface area contributed by atoms with E-state index in [4.69, 9.17) is 0 Å². The molecule has 0 aliphatic carbocycles. The van der Waals surface area contributed by atoms with Crippen LogP contribution in [0.1, 0.15) is 5.56 Å². The van der Waals surface area contributed by atoms with E-state index >= 15 is 0 Å². The van der Waals surface area contributed by atoms with Gasteiger partial charge in [-0.3, -0.25) is 4.79 Å². The second kappa shape index (κ2) is 5.66. The highest BCUT2D eigenvalue weighted by molar-refractivity contribution is 9.10. The largest absolute Gasteiger partial charge is 0.419 e. The average Bonchev–Trinajstić information content (AvgIpc) is 2.51. The summed E-state index contributed by atoms with van der Waals surface area (Å²) in [6, 6.07) is 2.36. The molecule has 0 fully saturated rings. The van der Waals surface area contributed by atoms with Gasteiger partial charge in [0.05, 0.1) is 16.5 Å². The first-order valence-corrected chi connectivity index (χ1v) is 7.36. The number of halogens is 5. The van der Waals surface area contributed by atoms with Crippen LogP contribution >= 0.6 is 15.9 Å². The fourth-order valence-corrected chi connectivity index (χ4v) is 2.86. The van der Waals surface area contributed by atoms with Gasteiger partial charge in [-0.25, -0.2) is 14.4 Å². The zero-order chi connectivity index (χ0) is 17.6. The van der Waals surface area contributed by atoms with Gasteiger partial charge < -0.3 is 4.57 Å². The highest BCUT2D eigenvalue weighted by Crippen LogP contribution is 2.31. The van der Waals surface area contributed by atoms with Crippen molar-refractivity contribution in [3.8, 4) is 11.4 Å². The SMILES string of the molecule is Cn1cc(Br)c2cc(-c3ncc(C(F)(F)F)cn3)c(F)cc2c1=O. The molecule has 0 saturated carbocycles. The molecule has 2 heterocycles. The van der Waals surface area contributed by atoms with E-state index in [2.05, 4.69) is 25.9 Å². The van der Waals surface area contributed by atoms with Crippen LogP contribution in [0.25, 0.3) is 22.2 Å². The van der Waals surface area contributed by atoms with Crippen LogP contribution < -0.4 is 5.56 Å². The molecule has 0 amide bonds. The van der Waals surface area contributed by atoms with Crippen molar-refractivity contribution in [1.29, 1.82) is 0 Å². The Hall–Kier alpha value is -2.29. The zero-order valence-electron chi connectivity index (χ0n) is 12.0. The third kappa shape index (κ3) is 2.79. The molecule has 2 aromatic heterocycles. The fraction of sp³-hybridized carbons (Fsp3) is 0.133. The van der Waals surface area contributed by atoms with E-state index in [1.807, 2.05) is 0 Å². The summed E-state index contributed by atoms with van der Waals surface area (Å²) in [5.41, 5.74) is -1.51. The van der Waals surface area contributed by atoms with Gasteiger partial charge in [0.2, 0.25) is 0 Å². The average molecular weight is 402 g/mol. The van der Waals surface area contributed by atoms with Gasteiger partial charge in [-0.1, -0.05) is 0 Å². The van der Waals surface area contributed by atoms with Crippen molar-refractivity contribution in [3.63, 3.8) is 0 Å². The first-order chi connectivity index (χ1) is 11.2. The smallest absolute Gasteiger partial charge is 0.317 e. The van der Waals surface area contributed by atoms with Gasteiger partial charge in [0, 0.05) is 35.5 Å². The lowest BCUT2D eigenvalue weighted by Crippen LogP contribution is -2.16. The van der Waals surface area contributed by atoms with Crippen molar-refractivity contribution >= 4 is 26.7 Å². The lowest BCUT2D eigenvalue weighted by Gasteiger charge is -2.09. The van der Waals surface area contributed by atoms with E-state index in [1.165, 1.54) is 23.9 Å². The van der Waals surface area contributed by atoms with Crippen molar-refractivity contribution in [3.05, 3.63) is 56.9 Å². The maximum atomic E-state index is 14.3. The molecule has 0 spiro atoms. The molecule has 0 atom stereocenters. The quantitative estimate of drug-likeness (QED) is 0.580. The van der Waals surface area contributed by atoms with Crippen LogP contribution in [-0.4, -0.2) is 14.5 Å². The Balaban J connectivity index is 2.20. The van der Waals surface area contributed by atoms with Gasteiger partial charge >= 0.3 is 6.18 Å². The Morgan fingerprint density at radius 3 is 2.33 bits per heavy atom. The molecular weight excluding hydrogens is 394 g/mol. The number of alkyl halides is 3. The lowest BCUT2D eigenvalue weighted by atomic mass is 10.1. The van der Waals surface area contributed by atoms with Crippen LogP contribution in [0.5, 0.6) is 0 Å². The minimum Gasteiger partial charge on any atom is -0.317 e. The number of aryl methyl sites for hydroxylation is 1. The summed E-state index contributed by atoms with van der Waals surface area (Å²) in [7, 11) is 1.53. The molecule has 0 unspecified atom stereocenters. The first kappa shape index (κ1) is 16.6. The Bertz CT molecular complexity index is 997. The van der Waals surface area contributed by atoms with Gasteiger partial charge in [0.25, 0.3) is 5.56 Å². The van der Waals surface area contributed by atoms with Gasteiger partial charge in [-0.05, 0) is 28.1 Å². The summed E-state index contributed by atoms with van der Waals surface area (Å²) in [6.07, 6.45) is -1.88. The number of nitrogens with zero attached hydrogens (tertiary/aromatic N) is 3. The van der Waals surface area contributed by atoms with Crippen molar-refractivity contribution < 1.29 is 17.6 Å². The van der Waals surface area contributed by atoms with E-state index in [1.54, 1.807) is 0 Å². The summed E-state index contributed by atoms with van der Waals surface area (Å²) in [4.78, 5) is 19.2. The number of fused-ring (bicyclic) bond motifs is 1. The van der Waals surface area contributed by atoms with Gasteiger partial charge in [-0.15, -0.1) is 0 Å². The second-order valence-electron chi connectivity index (χ2n) is 5.06. The number of hydrogen-bond acceptors (Lipinski definition) is 3. The van der Waals surface area contributed by atoms with Crippen LogP contribution in [0.3, 0.4) is 0 Å². The standard InChI is InChI=1S/C15H8BrF4N3O/c1-23-6-11(16)8-2-10(12(17)3-9(8)14(23)24)13-21-4-7(5-22-13)15(18,19)20/h2-6H,1H3. The van der Waals surface area contributed by atoms with E-state index in [0.717, 1.165) is 6.07 Å². The molecule has 3 rings (SSSR count). The van der Waals surface area contributed by atoms with Crippen LogP contribution in [0.2, 0.25) is 0 Å². The number of benzene rings is 1. The molecule has 1 aromatic carbocycles. The van der Waals surface area contributed by atoms with Crippen molar-refractivity contribution in [2.24, 2.45) is 7.05 Å². The minimum atomic E-state index is -4.57. The summed E-state index contributed by atoms with van der Waals surface area (Å²) in [6.45, 7) is 0. The van der Waals surface area contributed by atoms with Crippen molar-refractivity contribution in [2.75, 3.05) is 0 Å². The first-order valence-electron chi connectivity index (χ1n) is 6.56. The highest BCUT2D eigenvalue weighted by atomic mass is 79.9. The molecule has 124 valence electrons. The Kier molecular flexibility index (Phi) is 3.90. The third-order valence-corrected chi connectivity index (χ3v) is 4.07. The van der Waals surface area contributed by atoms with E-state index < -0.39 is 23.1 Å². The molecular formula is C15H8BrF4N3O. The summed E-state index contributed by atoms with van der Waals surface area (Å²) < 4.78 is 53.8.